The number of carbonyl (C=O) groups is 1. The Balaban J connectivity index is 1.40. The summed E-state index contributed by atoms with van der Waals surface area (Å²) >= 11 is 0. The van der Waals surface area contributed by atoms with Crippen LogP contribution in [0.5, 0.6) is 0 Å². The molecule has 1 aliphatic heterocycles. The average molecular weight is 394 g/mol. The fourth-order valence-corrected chi connectivity index (χ4v) is 3.89. The van der Waals surface area contributed by atoms with Crippen molar-refractivity contribution in [1.29, 1.82) is 0 Å². The van der Waals surface area contributed by atoms with Gasteiger partial charge in [-0.1, -0.05) is 67.4 Å². The van der Waals surface area contributed by atoms with E-state index in [9.17, 15) is 4.79 Å². The number of aryl methyl sites for hydroxylation is 2. The van der Waals surface area contributed by atoms with Gasteiger partial charge in [0.05, 0.1) is 12.6 Å². The van der Waals surface area contributed by atoms with E-state index in [-0.39, 0.29) is 11.9 Å². The van der Waals surface area contributed by atoms with E-state index < -0.39 is 0 Å². The van der Waals surface area contributed by atoms with Crippen LogP contribution in [-0.2, 0) is 17.8 Å². The number of amides is 1. The molecule has 3 rings (SSSR count). The van der Waals surface area contributed by atoms with Crippen LogP contribution in [0, 0.1) is 6.92 Å². The Morgan fingerprint density at radius 2 is 1.52 bits per heavy atom. The highest BCUT2D eigenvalue weighted by atomic mass is 16.2. The quantitative estimate of drug-likeness (QED) is 0.738. The normalized spacial score (nSPS) is 16.5. The Kier molecular flexibility index (Phi) is 7.84. The van der Waals surface area contributed by atoms with Gasteiger partial charge in [-0.3, -0.25) is 14.6 Å². The first-order valence-corrected chi connectivity index (χ1v) is 10.9. The summed E-state index contributed by atoms with van der Waals surface area (Å²) in [6, 6.07) is 17.4. The molecule has 1 N–H and O–H groups in total. The van der Waals surface area contributed by atoms with Crippen LogP contribution >= 0.6 is 0 Å². The third-order valence-electron chi connectivity index (χ3n) is 5.75. The third-order valence-corrected chi connectivity index (χ3v) is 5.75. The maximum absolute atomic E-state index is 12.5. The molecule has 1 heterocycles. The van der Waals surface area contributed by atoms with Crippen LogP contribution in [0.25, 0.3) is 0 Å². The van der Waals surface area contributed by atoms with Crippen molar-refractivity contribution in [2.45, 2.75) is 46.2 Å². The Morgan fingerprint density at radius 1 is 0.931 bits per heavy atom. The largest absolute Gasteiger partial charge is 0.348 e. The van der Waals surface area contributed by atoms with E-state index in [1.807, 2.05) is 0 Å². The molecule has 1 amide bonds. The smallest absolute Gasteiger partial charge is 0.234 e. The molecular weight excluding hydrogens is 358 g/mol. The van der Waals surface area contributed by atoms with Crippen LogP contribution < -0.4 is 5.32 Å². The first kappa shape index (κ1) is 21.5. The Labute approximate surface area is 175 Å². The van der Waals surface area contributed by atoms with E-state index in [0.717, 1.165) is 45.6 Å². The van der Waals surface area contributed by atoms with Crippen LogP contribution in [0.2, 0.25) is 0 Å². The molecule has 1 atom stereocenters. The summed E-state index contributed by atoms with van der Waals surface area (Å²) in [6.07, 6.45) is 2.26. The van der Waals surface area contributed by atoms with Crippen LogP contribution in [0.3, 0.4) is 0 Å². The number of nitrogens with one attached hydrogen (secondary N) is 1. The van der Waals surface area contributed by atoms with Crippen molar-refractivity contribution >= 4 is 5.91 Å². The van der Waals surface area contributed by atoms with Crippen molar-refractivity contribution in [1.82, 2.24) is 15.1 Å². The van der Waals surface area contributed by atoms with Crippen LogP contribution in [-0.4, -0.2) is 48.4 Å². The summed E-state index contributed by atoms with van der Waals surface area (Å²) < 4.78 is 0. The van der Waals surface area contributed by atoms with E-state index >= 15 is 0 Å². The van der Waals surface area contributed by atoms with Gasteiger partial charge in [0.25, 0.3) is 0 Å². The molecule has 2 aromatic carbocycles. The van der Waals surface area contributed by atoms with Gasteiger partial charge in [0.2, 0.25) is 5.91 Å². The van der Waals surface area contributed by atoms with E-state index in [1.165, 1.54) is 22.3 Å². The lowest BCUT2D eigenvalue weighted by Gasteiger charge is -2.34. The van der Waals surface area contributed by atoms with Crippen molar-refractivity contribution in [2.75, 3.05) is 32.7 Å². The van der Waals surface area contributed by atoms with Crippen molar-refractivity contribution in [3.63, 3.8) is 0 Å². The molecule has 29 heavy (non-hydrogen) atoms. The van der Waals surface area contributed by atoms with Crippen molar-refractivity contribution in [3.05, 3.63) is 70.8 Å². The minimum Gasteiger partial charge on any atom is -0.348 e. The summed E-state index contributed by atoms with van der Waals surface area (Å²) in [6.45, 7) is 11.8. The maximum Gasteiger partial charge on any atom is 0.234 e. The Hall–Kier alpha value is -2.17. The number of benzene rings is 2. The molecule has 2 aromatic rings. The molecule has 0 unspecified atom stereocenters. The molecule has 4 heteroatoms. The lowest BCUT2D eigenvalue weighted by atomic mass is 10.0. The number of nitrogens with zero attached hydrogens (tertiary/aromatic N) is 2. The number of hydrogen-bond donors (Lipinski definition) is 1. The van der Waals surface area contributed by atoms with Gasteiger partial charge in [0, 0.05) is 32.7 Å². The highest BCUT2D eigenvalue weighted by molar-refractivity contribution is 5.78. The second-order valence-electron chi connectivity index (χ2n) is 8.32. The van der Waals surface area contributed by atoms with Gasteiger partial charge in [-0.15, -0.1) is 0 Å². The molecule has 1 aliphatic rings. The van der Waals surface area contributed by atoms with Crippen molar-refractivity contribution < 1.29 is 4.79 Å². The minimum atomic E-state index is 0.0426. The molecule has 0 saturated carbocycles. The molecule has 0 bridgehead atoms. The first-order chi connectivity index (χ1) is 14.0. The van der Waals surface area contributed by atoms with Gasteiger partial charge in [-0.25, -0.2) is 0 Å². The Morgan fingerprint density at radius 3 is 2.14 bits per heavy atom. The molecule has 156 valence electrons. The molecule has 1 fully saturated rings. The molecule has 0 aliphatic carbocycles. The zero-order chi connectivity index (χ0) is 20.6. The highest BCUT2D eigenvalue weighted by Crippen LogP contribution is 2.15. The number of piperazine rings is 1. The number of rotatable bonds is 8. The summed E-state index contributed by atoms with van der Waals surface area (Å²) in [5, 5.41) is 3.16. The third kappa shape index (κ3) is 6.69. The average Bonchev–Trinajstić information content (AvgIpc) is 2.72. The number of carbonyl (C=O) groups excluding carboxylic acids is 1. The Bertz CT molecular complexity index is 762. The molecule has 4 nitrogen and oxygen atoms in total. The lowest BCUT2D eigenvalue weighted by Crippen LogP contribution is -2.49. The predicted octanol–water partition coefficient (Wildman–Crippen LogP) is 3.94. The zero-order valence-electron chi connectivity index (χ0n) is 18.2. The van der Waals surface area contributed by atoms with Gasteiger partial charge in [-0.2, -0.15) is 0 Å². The maximum atomic E-state index is 12.5. The van der Waals surface area contributed by atoms with Gasteiger partial charge in [-0.05, 0) is 37.0 Å². The molecular formula is C25H35N3O. The summed E-state index contributed by atoms with van der Waals surface area (Å²) in [5.74, 6) is 0.113. The predicted molar refractivity (Wildman–Crippen MR) is 120 cm³/mol. The van der Waals surface area contributed by atoms with Crippen LogP contribution in [0.4, 0.5) is 0 Å². The molecule has 0 spiro atoms. The van der Waals surface area contributed by atoms with Crippen molar-refractivity contribution in [3.8, 4) is 0 Å². The lowest BCUT2D eigenvalue weighted by molar-refractivity contribution is -0.123. The summed E-state index contributed by atoms with van der Waals surface area (Å²) in [4.78, 5) is 17.2. The van der Waals surface area contributed by atoms with E-state index in [1.54, 1.807) is 0 Å². The number of hydrogen-bond acceptors (Lipinski definition) is 3. The summed E-state index contributed by atoms with van der Waals surface area (Å²) in [5.41, 5.74) is 5.19. The fourth-order valence-electron chi connectivity index (χ4n) is 3.89. The topological polar surface area (TPSA) is 35.6 Å². The van der Waals surface area contributed by atoms with Crippen molar-refractivity contribution in [2.24, 2.45) is 0 Å². The van der Waals surface area contributed by atoms with E-state index in [2.05, 4.69) is 84.4 Å². The van der Waals surface area contributed by atoms with Gasteiger partial charge < -0.3 is 5.32 Å². The second kappa shape index (κ2) is 10.6. The molecule has 0 radical (unpaired) electrons. The van der Waals surface area contributed by atoms with Gasteiger partial charge in [0.1, 0.15) is 0 Å². The summed E-state index contributed by atoms with van der Waals surface area (Å²) in [7, 11) is 0. The molecule has 0 aromatic heterocycles. The van der Waals surface area contributed by atoms with E-state index in [0.29, 0.717) is 6.54 Å². The SMILES string of the molecule is CCCc1ccc([C@H](C)NC(=O)CN2CCN(Cc3ccc(C)cc3)CC2)cc1. The van der Waals surface area contributed by atoms with E-state index in [4.69, 9.17) is 0 Å². The van der Waals surface area contributed by atoms with Crippen LogP contribution in [0.15, 0.2) is 48.5 Å². The van der Waals surface area contributed by atoms with Gasteiger partial charge >= 0.3 is 0 Å². The zero-order valence-corrected chi connectivity index (χ0v) is 18.2. The standard InChI is InChI=1S/C25H35N3O/c1-4-5-22-10-12-24(13-11-22)21(3)26-25(29)19-28-16-14-27(15-17-28)18-23-8-6-20(2)7-9-23/h6-13,21H,4-5,14-19H2,1-3H3,(H,26,29)/t21-/m0/s1. The highest BCUT2D eigenvalue weighted by Gasteiger charge is 2.20. The van der Waals surface area contributed by atoms with Crippen LogP contribution in [0.1, 0.15) is 48.6 Å². The second-order valence-corrected chi connectivity index (χ2v) is 8.32. The monoisotopic (exact) mass is 393 g/mol. The molecule has 1 saturated heterocycles. The first-order valence-electron chi connectivity index (χ1n) is 10.9. The fraction of sp³-hybridized carbons (Fsp3) is 0.480. The minimum absolute atomic E-state index is 0.0426. The van der Waals surface area contributed by atoms with Gasteiger partial charge in [0.15, 0.2) is 0 Å².